The number of aryl methyl sites for hydroxylation is 1. The Labute approximate surface area is 211 Å². The van der Waals surface area contributed by atoms with Crippen molar-refractivity contribution >= 4 is 20.0 Å². The Kier molecular flexibility index (Phi) is 8.47. The lowest BCUT2D eigenvalue weighted by Crippen LogP contribution is -2.46. The average Bonchev–Trinajstić information content (AvgIpc) is 3.49. The molecular formula is C24H33N5O6Si. The number of carbonyl (C=O) groups is 2. The van der Waals surface area contributed by atoms with Gasteiger partial charge in [0.1, 0.15) is 39.7 Å². The molecule has 1 saturated heterocycles. The minimum Gasteiger partial charge on any atom is -0.462 e. The van der Waals surface area contributed by atoms with Gasteiger partial charge in [0, 0.05) is 32.0 Å². The Morgan fingerprint density at radius 2 is 1.92 bits per heavy atom. The van der Waals surface area contributed by atoms with Crippen molar-refractivity contribution in [2.45, 2.75) is 84.0 Å². The fraction of sp³-hybridized carbons (Fsp3) is 0.583. The second-order valence-electron chi connectivity index (χ2n) is 8.94. The van der Waals surface area contributed by atoms with Gasteiger partial charge < -0.3 is 14.2 Å². The molecule has 2 aromatic heterocycles. The zero-order valence-electron chi connectivity index (χ0n) is 21.6. The summed E-state index contributed by atoms with van der Waals surface area (Å²) < 4.78 is 20.1. The van der Waals surface area contributed by atoms with Crippen molar-refractivity contribution in [3.63, 3.8) is 0 Å². The van der Waals surface area contributed by atoms with Crippen LogP contribution in [0.5, 0.6) is 0 Å². The molecule has 0 unspecified atom stereocenters. The summed E-state index contributed by atoms with van der Waals surface area (Å²) in [5.41, 5.74) is 2.14. The summed E-state index contributed by atoms with van der Waals surface area (Å²) in [7, 11) is -1.94. The van der Waals surface area contributed by atoms with Gasteiger partial charge in [-0.25, -0.2) is 14.5 Å². The van der Waals surface area contributed by atoms with E-state index in [-0.39, 0.29) is 13.0 Å². The largest absolute Gasteiger partial charge is 0.462 e. The molecule has 0 radical (unpaired) electrons. The first-order valence-corrected chi connectivity index (χ1v) is 14.7. The maximum absolute atomic E-state index is 13.0. The quantitative estimate of drug-likeness (QED) is 0.296. The molecule has 3 heterocycles. The maximum Gasteiger partial charge on any atom is 0.351 e. The number of nitrogens with zero attached hydrogens (tertiary/aromatic N) is 5. The van der Waals surface area contributed by atoms with E-state index >= 15 is 0 Å². The lowest BCUT2D eigenvalue weighted by Gasteiger charge is -2.29. The first kappa shape index (κ1) is 27.3. The highest BCUT2D eigenvalue weighted by Gasteiger charge is 2.52. The minimum atomic E-state index is -1.94. The molecule has 36 heavy (non-hydrogen) atoms. The van der Waals surface area contributed by atoms with Crippen molar-refractivity contribution in [1.29, 1.82) is 0 Å². The topological polar surface area (TPSA) is 127 Å². The fourth-order valence-electron chi connectivity index (χ4n) is 4.30. The molecule has 0 saturated carbocycles. The molecule has 1 fully saturated rings. The second-order valence-corrected chi connectivity index (χ2v) is 13.9. The van der Waals surface area contributed by atoms with Gasteiger partial charge in [-0.3, -0.25) is 14.2 Å². The summed E-state index contributed by atoms with van der Waals surface area (Å²) >= 11 is 0. The monoisotopic (exact) mass is 515 g/mol. The van der Waals surface area contributed by atoms with Gasteiger partial charge in [-0.2, -0.15) is 10.1 Å². The highest BCUT2D eigenvalue weighted by molar-refractivity contribution is 6.87. The molecule has 0 bridgehead atoms. The molecule has 0 aromatic carbocycles. The van der Waals surface area contributed by atoms with Gasteiger partial charge in [0.15, 0.2) is 5.82 Å². The number of hydrogen-bond donors (Lipinski definition) is 0. The van der Waals surface area contributed by atoms with Gasteiger partial charge in [0.2, 0.25) is 5.60 Å². The van der Waals surface area contributed by atoms with Crippen LogP contribution in [0.25, 0.3) is 5.82 Å². The van der Waals surface area contributed by atoms with Crippen LogP contribution in [-0.2, 0) is 23.8 Å². The average molecular weight is 516 g/mol. The fourth-order valence-corrected chi connectivity index (χ4v) is 6.81. The predicted octanol–water partition coefficient (Wildman–Crippen LogP) is 2.34. The third-order valence-electron chi connectivity index (χ3n) is 6.70. The number of ether oxygens (including phenoxy) is 3. The highest BCUT2D eigenvalue weighted by atomic mass is 28.3. The van der Waals surface area contributed by atoms with Crippen LogP contribution in [-0.4, -0.2) is 62.6 Å². The van der Waals surface area contributed by atoms with E-state index in [2.05, 4.69) is 47.3 Å². The van der Waals surface area contributed by atoms with Crippen molar-refractivity contribution in [2.75, 3.05) is 6.61 Å². The van der Waals surface area contributed by atoms with Gasteiger partial charge in [-0.15, -0.1) is 5.54 Å². The van der Waals surface area contributed by atoms with Crippen LogP contribution < -0.4 is 5.69 Å². The summed E-state index contributed by atoms with van der Waals surface area (Å²) in [5.74, 6) is 2.56. The lowest BCUT2D eigenvalue weighted by molar-refractivity contribution is -0.164. The van der Waals surface area contributed by atoms with E-state index in [4.69, 9.17) is 14.2 Å². The first-order chi connectivity index (χ1) is 17.1. The third-order valence-corrected chi connectivity index (χ3v) is 11.4. The molecule has 3 atom stereocenters. The predicted molar refractivity (Wildman–Crippen MR) is 133 cm³/mol. The van der Waals surface area contributed by atoms with Crippen molar-refractivity contribution in [1.82, 2.24) is 24.3 Å². The summed E-state index contributed by atoms with van der Waals surface area (Å²) in [5, 5.41) is 4.04. The molecule has 194 valence electrons. The van der Waals surface area contributed by atoms with Crippen LogP contribution in [0.1, 0.15) is 52.8 Å². The molecule has 12 heteroatoms. The molecule has 11 nitrogen and oxygen atoms in total. The molecule has 0 spiro atoms. The Bertz CT molecular complexity index is 1210. The Balaban J connectivity index is 2.08. The zero-order valence-corrected chi connectivity index (χ0v) is 22.6. The van der Waals surface area contributed by atoms with E-state index < -0.39 is 43.6 Å². The number of hydrogen-bond acceptors (Lipinski definition) is 9. The molecule has 1 aliphatic rings. The van der Waals surface area contributed by atoms with E-state index in [1.165, 1.54) is 35.8 Å². The van der Waals surface area contributed by atoms with Crippen LogP contribution >= 0.6 is 0 Å². The minimum absolute atomic E-state index is 0.137. The van der Waals surface area contributed by atoms with Gasteiger partial charge >= 0.3 is 17.6 Å². The molecule has 2 aromatic rings. The van der Waals surface area contributed by atoms with Gasteiger partial charge in [-0.1, -0.05) is 26.7 Å². The van der Waals surface area contributed by atoms with Crippen molar-refractivity contribution in [3.05, 3.63) is 34.9 Å². The second kappa shape index (κ2) is 11.2. The van der Waals surface area contributed by atoms with E-state index in [1.807, 2.05) is 0 Å². The number of carbonyl (C=O) groups excluding carboxylic acids is 2. The van der Waals surface area contributed by atoms with Crippen molar-refractivity contribution in [2.24, 2.45) is 0 Å². The number of aromatic nitrogens is 5. The standard InChI is InChI=1S/C24H33N5O6Si/c1-7-36(8-2,9-3)11-10-24(14-33-18(5)30)20(34-19(6)31)12-21(35-24)28-13-17(4)22(27-23(28)32)29-16-25-15-26-29/h13,15-16,20-21H,7-9,12,14H2,1-6H3/t20-,21+,24+/m0/s1. The normalized spacial score (nSPS) is 21.5. The van der Waals surface area contributed by atoms with E-state index in [0.29, 0.717) is 11.4 Å². The van der Waals surface area contributed by atoms with Gasteiger partial charge in [0.25, 0.3) is 0 Å². The molecule has 1 aliphatic heterocycles. The molecule has 0 aliphatic carbocycles. The Hall–Kier alpha value is -3.30. The van der Waals surface area contributed by atoms with Crippen molar-refractivity contribution in [3.8, 4) is 17.3 Å². The highest BCUT2D eigenvalue weighted by Crippen LogP contribution is 2.39. The maximum atomic E-state index is 13.0. The van der Waals surface area contributed by atoms with Crippen LogP contribution in [0.4, 0.5) is 0 Å². The Morgan fingerprint density at radius 3 is 2.47 bits per heavy atom. The SMILES string of the molecule is CC[Si](C#C[C@]1(COC(C)=O)O[C@@H](n2cc(C)c(-n3cncn3)nc2=O)C[C@@H]1OC(C)=O)(CC)CC. The van der Waals surface area contributed by atoms with Crippen LogP contribution in [0.15, 0.2) is 23.6 Å². The van der Waals surface area contributed by atoms with E-state index in [1.54, 1.807) is 13.1 Å². The van der Waals surface area contributed by atoms with Gasteiger partial charge in [0.05, 0.1) is 0 Å². The molecule has 0 N–H and O–H groups in total. The smallest absolute Gasteiger partial charge is 0.351 e. The van der Waals surface area contributed by atoms with E-state index in [0.717, 1.165) is 18.1 Å². The van der Waals surface area contributed by atoms with Crippen LogP contribution in [0.3, 0.4) is 0 Å². The summed E-state index contributed by atoms with van der Waals surface area (Å²) in [6.07, 6.45) is 2.85. The third kappa shape index (κ3) is 5.74. The molecule has 3 rings (SSSR count). The number of rotatable bonds is 8. The van der Waals surface area contributed by atoms with E-state index in [9.17, 15) is 14.4 Å². The summed E-state index contributed by atoms with van der Waals surface area (Å²) in [6.45, 7) is 10.5. The van der Waals surface area contributed by atoms with Crippen LogP contribution in [0.2, 0.25) is 18.1 Å². The van der Waals surface area contributed by atoms with Crippen molar-refractivity contribution < 1.29 is 23.8 Å². The molecular weight excluding hydrogens is 482 g/mol. The van der Waals surface area contributed by atoms with Crippen LogP contribution in [0, 0.1) is 18.4 Å². The first-order valence-electron chi connectivity index (χ1n) is 12.1. The Morgan fingerprint density at radius 1 is 1.22 bits per heavy atom. The van der Waals surface area contributed by atoms with Gasteiger partial charge in [-0.05, 0) is 25.1 Å². The molecule has 0 amide bonds. The summed E-state index contributed by atoms with van der Waals surface area (Å²) in [6, 6.07) is 2.85. The number of esters is 2. The lowest BCUT2D eigenvalue weighted by atomic mass is 9.98. The zero-order chi connectivity index (χ0) is 26.5. The summed E-state index contributed by atoms with van der Waals surface area (Å²) in [4.78, 5) is 44.8.